The number of ether oxygens (including phenoxy) is 2. The molecule has 1 fully saturated rings. The van der Waals surface area contributed by atoms with Gasteiger partial charge in [-0.05, 0) is 53.3 Å². The lowest BCUT2D eigenvalue weighted by Gasteiger charge is -2.31. The number of nitrogens with one attached hydrogen (secondary N) is 2. The summed E-state index contributed by atoms with van der Waals surface area (Å²) in [4.78, 5) is 30.8. The Bertz CT molecular complexity index is 1590. The molecule has 1 saturated heterocycles. The van der Waals surface area contributed by atoms with E-state index in [4.69, 9.17) is 15.2 Å². The van der Waals surface area contributed by atoms with Gasteiger partial charge in [-0.2, -0.15) is 0 Å². The molecule has 1 aliphatic rings. The van der Waals surface area contributed by atoms with Crippen LogP contribution in [-0.4, -0.2) is 60.5 Å². The van der Waals surface area contributed by atoms with Crippen molar-refractivity contribution in [2.24, 2.45) is 5.73 Å². The van der Waals surface area contributed by atoms with Crippen LogP contribution in [0.5, 0.6) is 0 Å². The molecular weight excluding hydrogens is 568 g/mol. The Labute approximate surface area is 254 Å². The molecule has 3 atom stereocenters. The molecule has 4 N–H and O–H groups in total. The number of fused-ring (bicyclic) bond motifs is 1. The zero-order valence-corrected chi connectivity index (χ0v) is 24.3. The van der Waals surface area contributed by atoms with Crippen LogP contribution < -0.4 is 16.4 Å². The van der Waals surface area contributed by atoms with Crippen LogP contribution in [0.2, 0.25) is 0 Å². The number of benzene rings is 3. The normalized spacial score (nSPS) is 17.2. The Hall–Kier alpha value is -4.45. The molecule has 230 valence electrons. The maximum atomic E-state index is 14.9. The first-order chi connectivity index (χ1) is 21.3. The van der Waals surface area contributed by atoms with E-state index in [1.54, 1.807) is 19.2 Å². The number of anilines is 1. The van der Waals surface area contributed by atoms with Crippen molar-refractivity contribution in [3.8, 4) is 0 Å². The van der Waals surface area contributed by atoms with Gasteiger partial charge in [0.25, 0.3) is 0 Å². The topological polar surface area (TPSA) is 119 Å². The number of aromatic nitrogens is 1. The third-order valence-electron chi connectivity index (χ3n) is 7.58. The van der Waals surface area contributed by atoms with Gasteiger partial charge in [0.05, 0.1) is 36.8 Å². The van der Waals surface area contributed by atoms with Gasteiger partial charge in [-0.3, -0.25) is 15.1 Å². The summed E-state index contributed by atoms with van der Waals surface area (Å²) in [7, 11) is 1.59. The summed E-state index contributed by atoms with van der Waals surface area (Å²) in [5, 5.41) is 7.99. The molecule has 0 bridgehead atoms. The van der Waals surface area contributed by atoms with E-state index < -0.39 is 30.1 Å². The van der Waals surface area contributed by atoms with E-state index in [0.29, 0.717) is 24.9 Å². The minimum Gasteiger partial charge on any atom is -0.428 e. The zero-order valence-electron chi connectivity index (χ0n) is 24.3. The maximum absolute atomic E-state index is 14.9. The summed E-state index contributed by atoms with van der Waals surface area (Å²) < 4.78 is 39.3. The fourth-order valence-corrected chi connectivity index (χ4v) is 5.16. The predicted octanol–water partition coefficient (Wildman–Crippen LogP) is 4.54. The van der Waals surface area contributed by atoms with E-state index in [2.05, 4.69) is 15.6 Å². The van der Waals surface area contributed by atoms with E-state index >= 15 is 0 Å². The van der Waals surface area contributed by atoms with E-state index in [1.165, 1.54) is 23.2 Å². The third kappa shape index (κ3) is 7.93. The number of nitrogens with two attached hydrogens (primary N) is 1. The Morgan fingerprint density at radius 3 is 2.66 bits per heavy atom. The zero-order chi connectivity index (χ0) is 31.1. The van der Waals surface area contributed by atoms with Crippen LogP contribution in [0.3, 0.4) is 0 Å². The Morgan fingerprint density at radius 1 is 1.11 bits per heavy atom. The Balaban J connectivity index is 1.10. The molecule has 3 aromatic carbocycles. The second-order valence-electron chi connectivity index (χ2n) is 10.8. The SMILES string of the molecule is CN(Cc1ccc(F)cc1)C(=O)O[C@H]1CO[C@H](CCc2c(F)cncc2NC(=O)[C@@H](N)Cc2cccc3ccccc23)CN1. The third-order valence-corrected chi connectivity index (χ3v) is 7.58. The number of amides is 2. The minimum atomic E-state index is -0.850. The van der Waals surface area contributed by atoms with Crippen LogP contribution in [0.25, 0.3) is 10.8 Å². The van der Waals surface area contributed by atoms with Gasteiger partial charge in [-0.1, -0.05) is 54.6 Å². The molecule has 44 heavy (non-hydrogen) atoms. The molecule has 9 nitrogen and oxygen atoms in total. The van der Waals surface area contributed by atoms with E-state index in [9.17, 15) is 18.4 Å². The molecule has 0 radical (unpaired) electrons. The Morgan fingerprint density at radius 2 is 1.89 bits per heavy atom. The molecule has 2 amide bonds. The summed E-state index contributed by atoms with van der Waals surface area (Å²) >= 11 is 0. The van der Waals surface area contributed by atoms with E-state index in [-0.39, 0.29) is 37.2 Å². The molecule has 11 heteroatoms. The molecule has 1 aliphatic heterocycles. The summed E-state index contributed by atoms with van der Waals surface area (Å²) in [5.41, 5.74) is 8.57. The fraction of sp³-hybridized carbons (Fsp3) is 0.303. The van der Waals surface area contributed by atoms with Crippen molar-refractivity contribution in [2.75, 3.05) is 25.5 Å². The van der Waals surface area contributed by atoms with Gasteiger partial charge in [-0.15, -0.1) is 0 Å². The number of hydrogen-bond acceptors (Lipinski definition) is 7. The number of carbonyl (C=O) groups is 2. The van der Waals surface area contributed by atoms with Gasteiger partial charge in [0.2, 0.25) is 5.91 Å². The number of nitrogens with zero attached hydrogens (tertiary/aromatic N) is 2. The van der Waals surface area contributed by atoms with Crippen LogP contribution in [-0.2, 0) is 33.7 Å². The van der Waals surface area contributed by atoms with Crippen molar-refractivity contribution in [1.82, 2.24) is 15.2 Å². The number of halogens is 2. The summed E-state index contributed by atoms with van der Waals surface area (Å²) in [6, 6.07) is 18.8. The van der Waals surface area contributed by atoms with Gasteiger partial charge in [0.1, 0.15) is 11.6 Å². The van der Waals surface area contributed by atoms with Crippen molar-refractivity contribution in [3.05, 3.63) is 107 Å². The van der Waals surface area contributed by atoms with Crippen molar-refractivity contribution >= 4 is 28.5 Å². The second-order valence-corrected chi connectivity index (χ2v) is 10.8. The first-order valence-electron chi connectivity index (χ1n) is 14.4. The lowest BCUT2D eigenvalue weighted by molar-refractivity contribution is -0.117. The maximum Gasteiger partial charge on any atom is 0.411 e. The van der Waals surface area contributed by atoms with Gasteiger partial charge in [0.15, 0.2) is 6.23 Å². The number of pyridine rings is 1. The molecule has 5 rings (SSSR count). The minimum absolute atomic E-state index is 0.117. The largest absolute Gasteiger partial charge is 0.428 e. The van der Waals surface area contributed by atoms with Gasteiger partial charge < -0.3 is 25.4 Å². The number of morpholine rings is 1. The van der Waals surface area contributed by atoms with Crippen LogP contribution in [0.15, 0.2) is 79.1 Å². The number of carbonyl (C=O) groups excluding carboxylic acids is 2. The number of hydrogen-bond donors (Lipinski definition) is 3. The van der Waals surface area contributed by atoms with E-state index in [1.807, 2.05) is 42.5 Å². The first-order valence-corrected chi connectivity index (χ1v) is 14.4. The van der Waals surface area contributed by atoms with Crippen molar-refractivity contribution in [2.45, 2.75) is 44.2 Å². The summed E-state index contributed by atoms with van der Waals surface area (Å²) in [5.74, 6) is -1.32. The quantitative estimate of drug-likeness (QED) is 0.244. The van der Waals surface area contributed by atoms with Crippen molar-refractivity contribution in [1.29, 1.82) is 0 Å². The monoisotopic (exact) mass is 603 g/mol. The van der Waals surface area contributed by atoms with Crippen LogP contribution >= 0.6 is 0 Å². The summed E-state index contributed by atoms with van der Waals surface area (Å²) in [6.07, 6.45) is 2.10. The second kappa shape index (κ2) is 14.3. The average molecular weight is 604 g/mol. The highest BCUT2D eigenvalue weighted by molar-refractivity contribution is 5.96. The molecule has 0 saturated carbocycles. The standard InChI is InChI=1S/C33H35F2N5O4/c1-40(19-21-9-11-24(34)12-10-21)33(42)44-31-20-43-25(16-38-31)13-14-27-28(35)17-37-18-30(27)39-32(41)29(36)15-23-7-4-6-22-5-2-3-8-26(22)23/h2-12,17-18,25,29,31,38H,13-16,19-20,36H2,1H3,(H,39,41)/t25-,29+,31+/m1/s1. The lowest BCUT2D eigenvalue weighted by Crippen LogP contribution is -2.49. The molecular formula is C33H35F2N5O4. The van der Waals surface area contributed by atoms with Crippen LogP contribution in [0.1, 0.15) is 23.1 Å². The fourth-order valence-electron chi connectivity index (χ4n) is 5.16. The van der Waals surface area contributed by atoms with Crippen molar-refractivity contribution in [3.63, 3.8) is 0 Å². The molecule has 0 unspecified atom stereocenters. The lowest BCUT2D eigenvalue weighted by atomic mass is 9.98. The Kier molecular flexibility index (Phi) is 10.1. The van der Waals surface area contributed by atoms with Crippen molar-refractivity contribution < 1.29 is 27.8 Å². The highest BCUT2D eigenvalue weighted by Crippen LogP contribution is 2.23. The molecule has 0 aliphatic carbocycles. The molecule has 2 heterocycles. The smallest absolute Gasteiger partial charge is 0.411 e. The summed E-state index contributed by atoms with van der Waals surface area (Å²) in [6.45, 7) is 0.760. The van der Waals surface area contributed by atoms with Gasteiger partial charge in [-0.25, -0.2) is 13.6 Å². The number of rotatable bonds is 10. The highest BCUT2D eigenvalue weighted by atomic mass is 19.1. The van der Waals surface area contributed by atoms with Crippen LogP contribution in [0, 0.1) is 11.6 Å². The molecule has 4 aromatic rings. The highest BCUT2D eigenvalue weighted by Gasteiger charge is 2.26. The van der Waals surface area contributed by atoms with E-state index in [0.717, 1.165) is 28.1 Å². The average Bonchev–Trinajstić information content (AvgIpc) is 3.02. The molecule has 0 spiro atoms. The predicted molar refractivity (Wildman–Crippen MR) is 163 cm³/mol. The first kappa shape index (κ1) is 31.0. The van der Waals surface area contributed by atoms with Gasteiger partial charge in [0, 0.05) is 25.7 Å². The van der Waals surface area contributed by atoms with Crippen LogP contribution in [0.4, 0.5) is 19.3 Å². The molecule has 1 aromatic heterocycles. The van der Waals surface area contributed by atoms with Gasteiger partial charge >= 0.3 is 6.09 Å².